The largest absolute Gasteiger partial charge is 0.491 e. The van der Waals surface area contributed by atoms with E-state index in [1.54, 1.807) is 11.1 Å². The minimum Gasteiger partial charge on any atom is -0.491 e. The fourth-order valence-corrected chi connectivity index (χ4v) is 3.76. The standard InChI is InChI=1S/C21H26N4O3/c26-15-17-6-7-19-18(12-17)14-24(10-11-28-19)21(27)23-20-8-9-22-25(20)13-16-4-2-1-3-5-16/h1-2,6-9,12,16,26H,3-5,10-11,13-15H2,(H,23,27)/t16-/m1/s1. The molecular formula is C21H26N4O3. The number of benzene rings is 1. The number of rotatable bonds is 4. The molecule has 0 fully saturated rings. The van der Waals surface area contributed by atoms with E-state index in [2.05, 4.69) is 22.6 Å². The van der Waals surface area contributed by atoms with Gasteiger partial charge in [0.2, 0.25) is 0 Å². The van der Waals surface area contributed by atoms with Crippen LogP contribution < -0.4 is 10.1 Å². The second kappa shape index (κ2) is 8.48. The number of carbonyl (C=O) groups is 1. The topological polar surface area (TPSA) is 79.6 Å². The summed E-state index contributed by atoms with van der Waals surface area (Å²) in [5.74, 6) is 2.04. The first-order valence-electron chi connectivity index (χ1n) is 9.81. The molecule has 0 unspecified atom stereocenters. The van der Waals surface area contributed by atoms with E-state index in [0.717, 1.165) is 42.7 Å². The molecule has 0 spiro atoms. The highest BCUT2D eigenvalue weighted by Gasteiger charge is 2.22. The summed E-state index contributed by atoms with van der Waals surface area (Å²) >= 11 is 0. The van der Waals surface area contributed by atoms with Crippen LogP contribution in [-0.4, -0.2) is 39.0 Å². The maximum Gasteiger partial charge on any atom is 0.323 e. The van der Waals surface area contributed by atoms with Gasteiger partial charge in [-0.2, -0.15) is 5.10 Å². The Morgan fingerprint density at radius 3 is 3.07 bits per heavy atom. The Labute approximate surface area is 164 Å². The lowest BCUT2D eigenvalue weighted by atomic mass is 9.94. The van der Waals surface area contributed by atoms with Gasteiger partial charge in [0.05, 0.1) is 25.9 Å². The van der Waals surface area contributed by atoms with Gasteiger partial charge in [0.25, 0.3) is 0 Å². The second-order valence-corrected chi connectivity index (χ2v) is 7.35. The van der Waals surface area contributed by atoms with Crippen LogP contribution in [0.2, 0.25) is 0 Å². The number of aliphatic hydroxyl groups is 1. The Kier molecular flexibility index (Phi) is 5.62. The molecule has 7 heteroatoms. The number of urea groups is 1. The van der Waals surface area contributed by atoms with Crippen LogP contribution in [0.1, 0.15) is 30.4 Å². The van der Waals surface area contributed by atoms with Crippen LogP contribution in [0.5, 0.6) is 5.75 Å². The maximum atomic E-state index is 12.9. The molecule has 2 aromatic rings. The number of aliphatic hydroxyl groups excluding tert-OH is 1. The fraction of sp³-hybridized carbons (Fsp3) is 0.429. The maximum absolute atomic E-state index is 12.9. The van der Waals surface area contributed by atoms with Gasteiger partial charge in [-0.3, -0.25) is 5.32 Å². The number of nitrogens with zero attached hydrogens (tertiary/aromatic N) is 3. The number of allylic oxidation sites excluding steroid dienone is 2. The first kappa shape index (κ1) is 18.6. The summed E-state index contributed by atoms with van der Waals surface area (Å²) in [5, 5.41) is 16.8. The van der Waals surface area contributed by atoms with Crippen LogP contribution in [0, 0.1) is 5.92 Å². The average Bonchev–Trinajstić information content (AvgIpc) is 3.03. The molecule has 1 aliphatic carbocycles. The summed E-state index contributed by atoms with van der Waals surface area (Å²) in [7, 11) is 0. The van der Waals surface area contributed by atoms with E-state index >= 15 is 0 Å². The summed E-state index contributed by atoms with van der Waals surface area (Å²) in [6.45, 7) is 2.15. The summed E-state index contributed by atoms with van der Waals surface area (Å²) in [5.41, 5.74) is 1.71. The molecule has 1 atom stereocenters. The molecule has 2 aliphatic rings. The number of aromatic nitrogens is 2. The van der Waals surface area contributed by atoms with Crippen molar-refractivity contribution in [1.29, 1.82) is 0 Å². The molecule has 1 aliphatic heterocycles. The number of anilines is 1. The van der Waals surface area contributed by atoms with Crippen molar-refractivity contribution in [3.05, 3.63) is 53.7 Å². The predicted molar refractivity (Wildman–Crippen MR) is 106 cm³/mol. The minimum absolute atomic E-state index is 0.0327. The molecule has 0 saturated carbocycles. The Bertz CT molecular complexity index is 861. The first-order chi connectivity index (χ1) is 13.7. The SMILES string of the molecule is O=C(Nc1ccnn1C[C@@H]1CC=CCC1)N1CCOc2ccc(CO)cc2C1. The molecule has 2 amide bonds. The zero-order chi connectivity index (χ0) is 19.3. The van der Waals surface area contributed by atoms with Crippen LogP contribution in [0.25, 0.3) is 0 Å². The Morgan fingerprint density at radius 1 is 1.32 bits per heavy atom. The van der Waals surface area contributed by atoms with Crippen LogP contribution in [0.4, 0.5) is 10.6 Å². The van der Waals surface area contributed by atoms with Crippen molar-refractivity contribution in [2.45, 2.75) is 39.0 Å². The van der Waals surface area contributed by atoms with E-state index in [0.29, 0.717) is 31.4 Å². The van der Waals surface area contributed by atoms with Crippen molar-refractivity contribution < 1.29 is 14.6 Å². The van der Waals surface area contributed by atoms with Crippen molar-refractivity contribution >= 4 is 11.8 Å². The van der Waals surface area contributed by atoms with Crippen molar-refractivity contribution in [1.82, 2.24) is 14.7 Å². The fourth-order valence-electron chi connectivity index (χ4n) is 3.76. The van der Waals surface area contributed by atoms with E-state index in [1.165, 1.54) is 0 Å². The molecule has 0 bridgehead atoms. The molecular weight excluding hydrogens is 356 g/mol. The number of hydrogen-bond donors (Lipinski definition) is 2. The van der Waals surface area contributed by atoms with Crippen molar-refractivity contribution in [2.75, 3.05) is 18.5 Å². The van der Waals surface area contributed by atoms with E-state index in [-0.39, 0.29) is 12.6 Å². The lowest BCUT2D eigenvalue weighted by molar-refractivity contribution is 0.200. The Morgan fingerprint density at radius 2 is 2.25 bits per heavy atom. The van der Waals surface area contributed by atoms with Gasteiger partial charge in [-0.25, -0.2) is 9.48 Å². The zero-order valence-corrected chi connectivity index (χ0v) is 15.9. The number of ether oxygens (including phenoxy) is 1. The van der Waals surface area contributed by atoms with E-state index in [1.807, 2.05) is 28.9 Å². The summed E-state index contributed by atoms with van der Waals surface area (Å²) in [6.07, 6.45) is 9.49. The highest BCUT2D eigenvalue weighted by atomic mass is 16.5. The molecule has 2 N–H and O–H groups in total. The smallest absolute Gasteiger partial charge is 0.323 e. The van der Waals surface area contributed by atoms with Gasteiger partial charge < -0.3 is 14.7 Å². The van der Waals surface area contributed by atoms with Gasteiger partial charge in [-0.05, 0) is 42.9 Å². The molecule has 4 rings (SSSR count). The monoisotopic (exact) mass is 382 g/mol. The van der Waals surface area contributed by atoms with E-state index in [4.69, 9.17) is 4.74 Å². The molecule has 0 saturated heterocycles. The molecule has 28 heavy (non-hydrogen) atoms. The minimum atomic E-state index is -0.170. The number of fused-ring (bicyclic) bond motifs is 1. The summed E-state index contributed by atoms with van der Waals surface area (Å²) in [4.78, 5) is 14.6. The zero-order valence-electron chi connectivity index (χ0n) is 15.9. The summed E-state index contributed by atoms with van der Waals surface area (Å²) < 4.78 is 7.64. The van der Waals surface area contributed by atoms with Gasteiger partial charge in [-0.1, -0.05) is 18.2 Å². The van der Waals surface area contributed by atoms with Gasteiger partial charge in [0.1, 0.15) is 18.2 Å². The van der Waals surface area contributed by atoms with Gasteiger partial charge >= 0.3 is 6.03 Å². The van der Waals surface area contributed by atoms with Gasteiger partial charge in [0, 0.05) is 18.2 Å². The average molecular weight is 382 g/mol. The highest BCUT2D eigenvalue weighted by Crippen LogP contribution is 2.25. The van der Waals surface area contributed by atoms with Crippen molar-refractivity contribution in [3.8, 4) is 5.75 Å². The third-order valence-electron chi connectivity index (χ3n) is 5.33. The third kappa shape index (κ3) is 4.20. The van der Waals surface area contributed by atoms with Crippen molar-refractivity contribution in [3.63, 3.8) is 0 Å². The van der Waals surface area contributed by atoms with Crippen LogP contribution >= 0.6 is 0 Å². The predicted octanol–water partition coefficient (Wildman–Crippen LogP) is 3.16. The second-order valence-electron chi connectivity index (χ2n) is 7.35. The van der Waals surface area contributed by atoms with E-state index in [9.17, 15) is 9.90 Å². The molecule has 2 heterocycles. The lowest BCUT2D eigenvalue weighted by Crippen LogP contribution is -2.36. The lowest BCUT2D eigenvalue weighted by Gasteiger charge is -2.22. The third-order valence-corrected chi connectivity index (χ3v) is 5.33. The molecule has 0 radical (unpaired) electrons. The number of nitrogens with one attached hydrogen (secondary N) is 1. The van der Waals surface area contributed by atoms with Crippen molar-refractivity contribution in [2.24, 2.45) is 5.92 Å². The van der Waals surface area contributed by atoms with E-state index < -0.39 is 0 Å². The van der Waals surface area contributed by atoms with Gasteiger partial charge in [0.15, 0.2) is 0 Å². The van der Waals surface area contributed by atoms with Gasteiger partial charge in [-0.15, -0.1) is 0 Å². The Hall–Kier alpha value is -2.80. The normalized spacial score (nSPS) is 18.9. The van der Waals surface area contributed by atoms with Crippen LogP contribution in [-0.2, 0) is 19.7 Å². The Balaban J connectivity index is 1.43. The van der Waals surface area contributed by atoms with Crippen LogP contribution in [0.15, 0.2) is 42.6 Å². The molecule has 148 valence electrons. The first-order valence-corrected chi connectivity index (χ1v) is 9.81. The number of hydrogen-bond acceptors (Lipinski definition) is 4. The molecule has 1 aromatic carbocycles. The number of amides is 2. The molecule has 1 aromatic heterocycles. The highest BCUT2D eigenvalue weighted by molar-refractivity contribution is 5.88. The van der Waals surface area contributed by atoms with Crippen LogP contribution in [0.3, 0.4) is 0 Å². The summed E-state index contributed by atoms with van der Waals surface area (Å²) in [6, 6.07) is 7.25. The quantitative estimate of drug-likeness (QED) is 0.796. The number of carbonyl (C=O) groups excluding carboxylic acids is 1. The molecule has 7 nitrogen and oxygen atoms in total.